The molecule has 0 saturated carbocycles. The first kappa shape index (κ1) is 19.9. The van der Waals surface area contributed by atoms with E-state index in [1.807, 2.05) is 42.7 Å². The van der Waals surface area contributed by atoms with Crippen LogP contribution in [0.25, 0.3) is 0 Å². The summed E-state index contributed by atoms with van der Waals surface area (Å²) >= 11 is 0. The summed E-state index contributed by atoms with van der Waals surface area (Å²) in [6.07, 6.45) is 2.25. The van der Waals surface area contributed by atoms with E-state index in [2.05, 4.69) is 11.5 Å². The fourth-order valence-corrected chi connectivity index (χ4v) is 4.73. The normalized spacial score (nSPS) is 22.8. The van der Waals surface area contributed by atoms with Crippen LogP contribution in [0.2, 0.25) is 0 Å². The van der Waals surface area contributed by atoms with Gasteiger partial charge in [-0.05, 0) is 39.2 Å². The molecule has 0 spiro atoms. The van der Waals surface area contributed by atoms with E-state index in [0.29, 0.717) is 12.4 Å². The Balaban J connectivity index is 1.51. The summed E-state index contributed by atoms with van der Waals surface area (Å²) in [6.45, 7) is 7.82. The molecule has 0 bridgehead atoms. The second-order valence-electron chi connectivity index (χ2n) is 8.71. The van der Waals surface area contributed by atoms with Gasteiger partial charge in [-0.1, -0.05) is 34.8 Å². The average Bonchev–Trinajstić information content (AvgIpc) is 3.46. The van der Waals surface area contributed by atoms with Crippen molar-refractivity contribution in [3.63, 3.8) is 0 Å². The van der Waals surface area contributed by atoms with E-state index in [-0.39, 0.29) is 24.6 Å². The number of aromatic nitrogens is 2. The minimum absolute atomic E-state index is 0.158. The lowest BCUT2D eigenvalue weighted by Crippen LogP contribution is -2.57. The first-order valence-corrected chi connectivity index (χ1v) is 10.8. The highest BCUT2D eigenvalue weighted by Crippen LogP contribution is 2.36. The first-order chi connectivity index (χ1) is 14.9. The third-order valence-electron chi connectivity index (χ3n) is 6.70. The maximum atomic E-state index is 13.6. The minimum atomic E-state index is -0.618. The van der Waals surface area contributed by atoms with Gasteiger partial charge in [0.05, 0.1) is 19.2 Å². The summed E-state index contributed by atoms with van der Waals surface area (Å²) in [5, 5.41) is 0. The van der Waals surface area contributed by atoms with Crippen molar-refractivity contribution in [3.05, 3.63) is 46.8 Å². The van der Waals surface area contributed by atoms with E-state index in [1.165, 1.54) is 9.80 Å². The number of rotatable bonds is 4. The molecule has 2 fully saturated rings. The number of carbonyl (C=O) groups is 2. The van der Waals surface area contributed by atoms with Crippen LogP contribution in [-0.2, 0) is 22.6 Å². The number of hydrogen-bond donors (Lipinski definition) is 0. The van der Waals surface area contributed by atoms with Crippen LogP contribution in [0.4, 0.5) is 10.7 Å². The second kappa shape index (κ2) is 7.30. The SMILES string of the molecule is Cc1ccc(CN2C(=O)C3C(=Nc4n3c(C)c(C)[n+]4CC3CCCO3)N(C)C2=O)cc1. The maximum absolute atomic E-state index is 13.6. The highest BCUT2D eigenvalue weighted by molar-refractivity contribution is 6.20. The molecule has 5 rings (SSSR count). The molecule has 2 unspecified atom stereocenters. The molecule has 0 aliphatic carbocycles. The first-order valence-electron chi connectivity index (χ1n) is 10.8. The summed E-state index contributed by atoms with van der Waals surface area (Å²) < 4.78 is 9.94. The summed E-state index contributed by atoms with van der Waals surface area (Å²) in [5.74, 6) is 0.980. The van der Waals surface area contributed by atoms with E-state index in [4.69, 9.17) is 9.73 Å². The highest BCUT2D eigenvalue weighted by atomic mass is 16.5. The Labute approximate surface area is 181 Å². The predicted octanol–water partition coefficient (Wildman–Crippen LogP) is 2.56. The van der Waals surface area contributed by atoms with Crippen molar-refractivity contribution in [2.24, 2.45) is 4.99 Å². The number of amides is 3. The van der Waals surface area contributed by atoms with Crippen LogP contribution in [-0.4, -0.2) is 51.9 Å². The molecular formula is C23H28N5O3+. The van der Waals surface area contributed by atoms with E-state index >= 15 is 0 Å². The zero-order valence-corrected chi connectivity index (χ0v) is 18.5. The number of nitrogens with zero attached hydrogens (tertiary/aromatic N) is 5. The van der Waals surface area contributed by atoms with Gasteiger partial charge >= 0.3 is 12.0 Å². The quantitative estimate of drug-likeness (QED) is 0.711. The van der Waals surface area contributed by atoms with Gasteiger partial charge in [0.25, 0.3) is 5.91 Å². The van der Waals surface area contributed by atoms with Crippen molar-refractivity contribution in [1.82, 2.24) is 14.4 Å². The average molecular weight is 423 g/mol. The molecule has 1 aromatic carbocycles. The number of benzene rings is 1. The van der Waals surface area contributed by atoms with Gasteiger partial charge in [-0.25, -0.2) is 13.9 Å². The van der Waals surface area contributed by atoms with Crippen LogP contribution < -0.4 is 4.57 Å². The molecule has 0 radical (unpaired) electrons. The Hall–Kier alpha value is -3.00. The van der Waals surface area contributed by atoms with Crippen LogP contribution in [0.5, 0.6) is 0 Å². The van der Waals surface area contributed by atoms with Gasteiger partial charge in [-0.3, -0.25) is 14.6 Å². The van der Waals surface area contributed by atoms with E-state index < -0.39 is 6.04 Å². The fourth-order valence-electron chi connectivity index (χ4n) is 4.73. The zero-order valence-electron chi connectivity index (χ0n) is 18.5. The second-order valence-corrected chi connectivity index (χ2v) is 8.71. The van der Waals surface area contributed by atoms with Gasteiger partial charge in [-0.15, -0.1) is 0 Å². The maximum Gasteiger partial charge on any atom is 0.402 e. The van der Waals surface area contributed by atoms with Crippen molar-refractivity contribution < 1.29 is 18.9 Å². The van der Waals surface area contributed by atoms with E-state index in [0.717, 1.165) is 47.9 Å². The smallest absolute Gasteiger partial charge is 0.375 e. The molecule has 31 heavy (non-hydrogen) atoms. The van der Waals surface area contributed by atoms with Gasteiger partial charge in [-0.2, -0.15) is 0 Å². The molecule has 8 heteroatoms. The van der Waals surface area contributed by atoms with E-state index in [9.17, 15) is 9.59 Å². The lowest BCUT2D eigenvalue weighted by molar-refractivity contribution is -0.695. The number of amidine groups is 1. The number of fused-ring (bicyclic) bond motifs is 3. The molecule has 2 atom stereocenters. The van der Waals surface area contributed by atoms with Crippen molar-refractivity contribution in [3.8, 4) is 0 Å². The number of urea groups is 1. The fraction of sp³-hybridized carbons (Fsp3) is 0.478. The van der Waals surface area contributed by atoms with Crippen molar-refractivity contribution >= 4 is 23.7 Å². The number of aliphatic imine (C=N–C) groups is 1. The van der Waals surface area contributed by atoms with Gasteiger partial charge < -0.3 is 4.74 Å². The van der Waals surface area contributed by atoms with Gasteiger partial charge in [0.1, 0.15) is 11.4 Å². The number of imidazole rings is 1. The van der Waals surface area contributed by atoms with Gasteiger partial charge in [0, 0.05) is 13.7 Å². The topological polar surface area (TPSA) is 71.0 Å². The summed E-state index contributed by atoms with van der Waals surface area (Å²) in [4.78, 5) is 34.2. The summed E-state index contributed by atoms with van der Waals surface area (Å²) in [6, 6.07) is 6.94. The summed E-state index contributed by atoms with van der Waals surface area (Å²) in [5.41, 5.74) is 4.13. The van der Waals surface area contributed by atoms with Crippen molar-refractivity contribution in [2.75, 3.05) is 13.7 Å². The molecule has 2 saturated heterocycles. The Bertz CT molecular complexity index is 1100. The van der Waals surface area contributed by atoms with Crippen LogP contribution >= 0.6 is 0 Å². The standard InChI is InChI=1S/C23H28N5O3/c1-14-7-9-17(10-8-14)12-27-21(29)19-20(25(4)23(27)30)24-22-26(13-18-6-5-11-31-18)15(2)16(3)28(19)22/h7-10,18-19H,5-6,11-13H2,1-4H3/q+1. The molecule has 2 aromatic rings. The number of carbonyl (C=O) groups excluding carboxylic acids is 2. The number of imide groups is 1. The monoisotopic (exact) mass is 422 g/mol. The molecular weight excluding hydrogens is 394 g/mol. The van der Waals surface area contributed by atoms with Crippen LogP contribution in [0, 0.1) is 20.8 Å². The zero-order chi connectivity index (χ0) is 21.9. The number of hydrogen-bond acceptors (Lipinski definition) is 4. The molecule has 0 N–H and O–H groups in total. The molecule has 3 amide bonds. The number of aryl methyl sites for hydroxylation is 1. The van der Waals surface area contributed by atoms with Crippen LogP contribution in [0.1, 0.15) is 41.4 Å². The third kappa shape index (κ3) is 3.08. The lowest BCUT2D eigenvalue weighted by Gasteiger charge is -2.33. The summed E-state index contributed by atoms with van der Waals surface area (Å²) in [7, 11) is 1.70. The van der Waals surface area contributed by atoms with Gasteiger partial charge in [0.2, 0.25) is 11.9 Å². The lowest BCUT2D eigenvalue weighted by atomic mass is 10.1. The number of likely N-dealkylation sites (N-methyl/N-ethyl adjacent to an activating group) is 1. The largest absolute Gasteiger partial charge is 0.402 e. The Morgan fingerprint density at radius 3 is 2.58 bits per heavy atom. The highest BCUT2D eigenvalue weighted by Gasteiger charge is 2.54. The molecule has 3 aliphatic heterocycles. The van der Waals surface area contributed by atoms with Crippen molar-refractivity contribution in [2.45, 2.75) is 58.8 Å². The van der Waals surface area contributed by atoms with E-state index in [1.54, 1.807) is 7.05 Å². The number of ether oxygens (including phenoxy) is 1. The predicted molar refractivity (Wildman–Crippen MR) is 114 cm³/mol. The van der Waals surface area contributed by atoms with Crippen molar-refractivity contribution in [1.29, 1.82) is 0 Å². The third-order valence-corrected chi connectivity index (χ3v) is 6.70. The molecule has 8 nitrogen and oxygen atoms in total. The Morgan fingerprint density at radius 2 is 1.90 bits per heavy atom. The minimum Gasteiger partial charge on any atom is -0.375 e. The van der Waals surface area contributed by atoms with Crippen LogP contribution in [0.3, 0.4) is 0 Å². The Kier molecular flexibility index (Phi) is 4.69. The van der Waals surface area contributed by atoms with Crippen LogP contribution in [0.15, 0.2) is 29.3 Å². The molecule has 162 valence electrons. The Morgan fingerprint density at radius 1 is 1.16 bits per heavy atom. The van der Waals surface area contributed by atoms with Gasteiger partial charge in [0.15, 0.2) is 0 Å². The molecule has 3 aliphatic rings. The molecule has 4 heterocycles. The molecule has 1 aromatic heterocycles.